The lowest BCUT2D eigenvalue weighted by Crippen LogP contribution is -2.42. The first-order valence-electron chi connectivity index (χ1n) is 18.9. The second kappa shape index (κ2) is 21.9. The molecule has 0 saturated carbocycles. The molecule has 1 atom stereocenters. The van der Waals surface area contributed by atoms with Crippen LogP contribution in [0.15, 0.2) is 59.5 Å². The molecule has 2 heterocycles. The number of ketones is 2. The topological polar surface area (TPSA) is 179 Å². The predicted octanol–water partition coefficient (Wildman–Crippen LogP) is 5.73. The van der Waals surface area contributed by atoms with Crippen LogP contribution in [0.4, 0.5) is 10.6 Å². The molecular weight excluding hydrogens is 725 g/mol. The van der Waals surface area contributed by atoms with Crippen LogP contribution in [0.1, 0.15) is 85.7 Å². The fraction of sp³-hybridized carbons (Fsp3) is 0.488. The summed E-state index contributed by atoms with van der Waals surface area (Å²) >= 11 is 0. The summed E-state index contributed by atoms with van der Waals surface area (Å²) in [6, 6.07) is 15.6. The summed E-state index contributed by atoms with van der Waals surface area (Å²) < 4.78 is 42.8. The Kier molecular flexibility index (Phi) is 17.1. The van der Waals surface area contributed by atoms with Gasteiger partial charge in [0.1, 0.15) is 41.7 Å². The summed E-state index contributed by atoms with van der Waals surface area (Å²) in [5.41, 5.74) is 4.02. The van der Waals surface area contributed by atoms with Crippen LogP contribution in [0.25, 0.3) is 0 Å². The van der Waals surface area contributed by atoms with Gasteiger partial charge >= 0.3 is 12.1 Å². The van der Waals surface area contributed by atoms with Crippen LogP contribution in [-0.4, -0.2) is 75.8 Å². The monoisotopic (exact) mass is 778 g/mol. The Balaban J connectivity index is 1.15. The van der Waals surface area contributed by atoms with Crippen LogP contribution < -0.4 is 20.7 Å². The second-order valence-corrected chi connectivity index (χ2v) is 15.7. The average Bonchev–Trinajstić information content (AvgIpc) is 3.17. The molecule has 298 valence electrons. The number of nitrogens with one attached hydrogen (secondary N) is 3. The largest absolute Gasteiger partial charge is 0.494 e. The van der Waals surface area contributed by atoms with E-state index in [1.807, 2.05) is 36.4 Å². The van der Waals surface area contributed by atoms with Crippen molar-refractivity contribution in [3.8, 4) is 5.75 Å². The molecule has 14 heteroatoms. The Morgan fingerprint density at radius 3 is 2.38 bits per heavy atom. The summed E-state index contributed by atoms with van der Waals surface area (Å²) in [5, 5.41) is 8.73. The normalized spacial score (nSPS) is 12.9. The first-order valence-corrected chi connectivity index (χ1v) is 20.6. The molecule has 1 aliphatic heterocycles. The molecular formula is C41H54N4O9S. The van der Waals surface area contributed by atoms with Crippen LogP contribution in [0, 0.1) is 13.8 Å². The van der Waals surface area contributed by atoms with Crippen molar-refractivity contribution in [2.24, 2.45) is 0 Å². The van der Waals surface area contributed by atoms with Gasteiger partial charge in [0.25, 0.3) is 0 Å². The molecule has 3 N–H and O–H groups in total. The van der Waals surface area contributed by atoms with Crippen molar-refractivity contribution in [1.82, 2.24) is 15.6 Å². The molecule has 0 saturated heterocycles. The number of esters is 1. The fourth-order valence-electron chi connectivity index (χ4n) is 6.45. The third-order valence-electron chi connectivity index (χ3n) is 9.26. The van der Waals surface area contributed by atoms with Crippen LogP contribution in [0.5, 0.6) is 5.75 Å². The number of hydrogen-bond donors (Lipinski definition) is 3. The van der Waals surface area contributed by atoms with Gasteiger partial charge in [0.15, 0.2) is 9.84 Å². The molecule has 55 heavy (non-hydrogen) atoms. The molecule has 1 aliphatic rings. The van der Waals surface area contributed by atoms with Gasteiger partial charge in [-0.25, -0.2) is 18.2 Å². The highest BCUT2D eigenvalue weighted by molar-refractivity contribution is 7.91. The van der Waals surface area contributed by atoms with E-state index in [4.69, 9.17) is 19.2 Å². The Morgan fingerprint density at radius 1 is 0.909 bits per heavy atom. The first kappa shape index (κ1) is 42.9. The number of methoxy groups -OCH3 is 1. The minimum absolute atomic E-state index is 0.0487. The highest BCUT2D eigenvalue weighted by Crippen LogP contribution is 2.27. The molecule has 4 rings (SSSR count). The summed E-state index contributed by atoms with van der Waals surface area (Å²) in [4.78, 5) is 54.3. The Labute approximate surface area is 324 Å². The van der Waals surface area contributed by atoms with Gasteiger partial charge in [-0.2, -0.15) is 0 Å². The van der Waals surface area contributed by atoms with Crippen LogP contribution in [0.2, 0.25) is 0 Å². The summed E-state index contributed by atoms with van der Waals surface area (Å²) in [6.07, 6.45) is 5.36. The van der Waals surface area contributed by atoms with Gasteiger partial charge in [-0.3, -0.25) is 19.7 Å². The van der Waals surface area contributed by atoms with Crippen molar-refractivity contribution < 1.29 is 41.8 Å². The number of carbonyl (C=O) groups excluding carboxylic acids is 4. The zero-order valence-corrected chi connectivity index (χ0v) is 32.9. The highest BCUT2D eigenvalue weighted by atomic mass is 32.2. The molecule has 3 aromatic rings. The number of amides is 1. The van der Waals surface area contributed by atoms with Crippen molar-refractivity contribution in [3.05, 3.63) is 82.5 Å². The summed E-state index contributed by atoms with van der Waals surface area (Å²) in [6.45, 7) is 5.02. The third kappa shape index (κ3) is 14.4. The summed E-state index contributed by atoms with van der Waals surface area (Å²) in [5.74, 6) is 0.0335. The number of rotatable bonds is 23. The van der Waals surface area contributed by atoms with E-state index in [0.717, 1.165) is 49.3 Å². The van der Waals surface area contributed by atoms with E-state index < -0.39 is 33.8 Å². The molecule has 1 aromatic heterocycles. The number of unbranched alkanes of at least 4 members (excludes halogenated alkanes) is 1. The van der Waals surface area contributed by atoms with Crippen LogP contribution in [0.3, 0.4) is 0 Å². The summed E-state index contributed by atoms with van der Waals surface area (Å²) in [7, 11) is -2.71. The number of ether oxygens (including phenoxy) is 3. The number of hydrogen-bond acceptors (Lipinski definition) is 12. The number of anilines is 1. The fourth-order valence-corrected chi connectivity index (χ4v) is 8.11. The zero-order chi connectivity index (χ0) is 39.6. The Bertz CT molecular complexity index is 1850. The molecule has 0 radical (unpaired) electrons. The van der Waals surface area contributed by atoms with Gasteiger partial charge in [0.2, 0.25) is 0 Å². The molecule has 2 aromatic carbocycles. The quantitative estimate of drug-likeness (QED) is 0.0788. The maximum absolute atomic E-state index is 13.5. The average molecular weight is 779 g/mol. The predicted molar refractivity (Wildman–Crippen MR) is 209 cm³/mol. The number of alkyl carbamates (subject to hydrolysis) is 1. The van der Waals surface area contributed by atoms with Gasteiger partial charge < -0.3 is 24.8 Å². The van der Waals surface area contributed by atoms with E-state index in [-0.39, 0.29) is 42.5 Å². The van der Waals surface area contributed by atoms with Crippen molar-refractivity contribution in [2.45, 2.75) is 102 Å². The highest BCUT2D eigenvalue weighted by Gasteiger charge is 2.27. The van der Waals surface area contributed by atoms with Crippen molar-refractivity contribution >= 4 is 39.3 Å². The number of nitrogens with zero attached hydrogens (tertiary/aromatic N) is 1. The molecule has 1 unspecified atom stereocenters. The number of fused-ring (bicyclic) bond motifs is 1. The minimum Gasteiger partial charge on any atom is -0.494 e. The molecule has 1 amide bonds. The molecule has 0 fully saturated rings. The van der Waals surface area contributed by atoms with Gasteiger partial charge in [0, 0.05) is 44.5 Å². The first-order chi connectivity index (χ1) is 26.4. The second-order valence-electron chi connectivity index (χ2n) is 13.8. The maximum Gasteiger partial charge on any atom is 0.407 e. The molecule has 0 spiro atoms. The minimum atomic E-state index is -3.91. The number of Topliss-reactive ketones (excluding diaryl/α,β-unsaturated/α-hetero) is 2. The van der Waals surface area contributed by atoms with Crippen LogP contribution in [-0.2, 0) is 53.1 Å². The molecule has 0 aliphatic carbocycles. The van der Waals surface area contributed by atoms with Crippen molar-refractivity contribution in [2.75, 3.05) is 38.0 Å². The van der Waals surface area contributed by atoms with Crippen molar-refractivity contribution in [1.29, 1.82) is 0 Å². The van der Waals surface area contributed by atoms with E-state index in [1.54, 1.807) is 26.0 Å². The van der Waals surface area contributed by atoms with E-state index in [9.17, 15) is 27.6 Å². The smallest absolute Gasteiger partial charge is 0.407 e. The standard InChI is InChI=1S/C41H54N4O9S/c1-29-24-36(53-23-11-18-34(46)17-10-22-43-41(49)54-27-31-12-5-4-6-13-31)25-30(2)38(29)55(50,51)28-44-37(40(48)52-3)26-35(47)16-8-7-15-33-20-19-32-14-9-21-42-39(32)45-33/h4-6,12-13,19-20,24-25,37,44H,7-11,14-18,21-23,26-28H2,1-3H3,(H,42,45)(H,43,49). The van der Waals surface area contributed by atoms with E-state index in [0.29, 0.717) is 55.5 Å². The molecule has 0 bridgehead atoms. The van der Waals surface area contributed by atoms with Crippen molar-refractivity contribution in [3.63, 3.8) is 0 Å². The van der Waals surface area contributed by atoms with Gasteiger partial charge in [-0.15, -0.1) is 0 Å². The number of aromatic nitrogens is 1. The Hall–Kier alpha value is -4.82. The SMILES string of the molecule is COC(=O)C(CC(=O)CCCCc1ccc2c(n1)NCCC2)NCS(=O)(=O)c1c(C)cc(OCCCC(=O)CCCNC(=O)OCc2ccccc2)cc1C. The Morgan fingerprint density at radius 2 is 1.64 bits per heavy atom. The lowest BCUT2D eigenvalue weighted by atomic mass is 10.0. The number of sulfone groups is 1. The number of aryl methyl sites for hydroxylation is 4. The third-order valence-corrected chi connectivity index (χ3v) is 11.1. The lowest BCUT2D eigenvalue weighted by molar-refractivity contribution is -0.144. The van der Waals surface area contributed by atoms with Gasteiger partial charge in [-0.05, 0) is 99.2 Å². The number of carbonyl (C=O) groups is 4. The zero-order valence-electron chi connectivity index (χ0n) is 32.1. The van der Waals surface area contributed by atoms with E-state index >= 15 is 0 Å². The maximum atomic E-state index is 13.5. The number of pyridine rings is 1. The lowest BCUT2D eigenvalue weighted by Gasteiger charge is -2.18. The van der Waals surface area contributed by atoms with Gasteiger partial charge in [-0.1, -0.05) is 36.4 Å². The number of benzene rings is 2. The van der Waals surface area contributed by atoms with Crippen LogP contribution >= 0.6 is 0 Å². The van der Waals surface area contributed by atoms with Gasteiger partial charge in [0.05, 0.1) is 18.6 Å². The van der Waals surface area contributed by atoms with E-state index in [2.05, 4.69) is 22.0 Å². The molecule has 13 nitrogen and oxygen atoms in total. The van der Waals surface area contributed by atoms with E-state index in [1.165, 1.54) is 12.7 Å².